The quantitative estimate of drug-likeness (QED) is 0.777. The van der Waals surface area contributed by atoms with Gasteiger partial charge in [-0.25, -0.2) is 4.98 Å². The summed E-state index contributed by atoms with van der Waals surface area (Å²) in [6, 6.07) is 2.02. The Bertz CT molecular complexity index is 489. The lowest BCUT2D eigenvalue weighted by Crippen LogP contribution is -2.37. The Labute approximate surface area is 116 Å². The Balaban J connectivity index is 1.92. The summed E-state index contributed by atoms with van der Waals surface area (Å²) in [7, 11) is 1.84. The van der Waals surface area contributed by atoms with Crippen molar-refractivity contribution in [2.45, 2.75) is 11.3 Å². The minimum Gasteiger partial charge on any atom is -0.378 e. The number of thioether (sulfide) groups is 1. The monoisotopic (exact) mass is 279 g/mol. The number of aromatic nitrogens is 1. The summed E-state index contributed by atoms with van der Waals surface area (Å²) in [5, 5.41) is 0. The highest BCUT2D eigenvalue weighted by atomic mass is 32.2. The number of anilines is 2. The standard InChI is InChI=1S/C13H17N3O2S/c1-15-10-8-12(16-3-5-18-6-4-16)14-9-11(10)19-7-2-13(15)17/h8-9H,2-7H2,1H3. The first-order valence-corrected chi connectivity index (χ1v) is 7.46. The third kappa shape index (κ3) is 2.55. The number of hydrogen-bond donors (Lipinski definition) is 0. The Morgan fingerprint density at radius 3 is 2.95 bits per heavy atom. The number of pyridine rings is 1. The number of rotatable bonds is 1. The summed E-state index contributed by atoms with van der Waals surface area (Å²) in [5.41, 5.74) is 0.976. The fourth-order valence-electron chi connectivity index (χ4n) is 2.31. The van der Waals surface area contributed by atoms with E-state index in [0.717, 1.165) is 48.5 Å². The number of carbonyl (C=O) groups excluding carboxylic acids is 1. The van der Waals surface area contributed by atoms with Crippen LogP contribution in [0.25, 0.3) is 0 Å². The summed E-state index contributed by atoms with van der Waals surface area (Å²) >= 11 is 1.70. The average molecular weight is 279 g/mol. The van der Waals surface area contributed by atoms with E-state index in [-0.39, 0.29) is 5.91 Å². The van der Waals surface area contributed by atoms with Crippen molar-refractivity contribution < 1.29 is 9.53 Å². The third-order valence-electron chi connectivity index (χ3n) is 3.48. The molecule has 0 aromatic carbocycles. The van der Waals surface area contributed by atoms with E-state index in [2.05, 4.69) is 9.88 Å². The number of hydrogen-bond acceptors (Lipinski definition) is 5. The second kappa shape index (κ2) is 5.38. The molecule has 3 heterocycles. The largest absolute Gasteiger partial charge is 0.378 e. The minimum absolute atomic E-state index is 0.172. The smallest absolute Gasteiger partial charge is 0.227 e. The molecular formula is C13H17N3O2S. The van der Waals surface area contributed by atoms with E-state index in [1.54, 1.807) is 16.7 Å². The van der Waals surface area contributed by atoms with Crippen LogP contribution in [0.1, 0.15) is 6.42 Å². The maximum atomic E-state index is 11.9. The molecule has 102 valence electrons. The van der Waals surface area contributed by atoms with Crippen LogP contribution in [-0.4, -0.2) is 50.0 Å². The Hall–Kier alpha value is -1.27. The fraction of sp³-hybridized carbons (Fsp3) is 0.538. The molecule has 0 spiro atoms. The van der Waals surface area contributed by atoms with Crippen LogP contribution in [0.15, 0.2) is 17.2 Å². The highest BCUT2D eigenvalue weighted by Gasteiger charge is 2.22. The molecule has 0 bridgehead atoms. The van der Waals surface area contributed by atoms with Crippen molar-refractivity contribution in [1.29, 1.82) is 0 Å². The van der Waals surface area contributed by atoms with E-state index >= 15 is 0 Å². The zero-order valence-corrected chi connectivity index (χ0v) is 11.8. The van der Waals surface area contributed by atoms with Gasteiger partial charge in [-0.3, -0.25) is 4.79 Å². The van der Waals surface area contributed by atoms with E-state index in [1.165, 1.54) is 0 Å². The molecule has 2 aliphatic heterocycles. The number of nitrogens with zero attached hydrogens (tertiary/aromatic N) is 3. The molecule has 0 N–H and O–H groups in total. The van der Waals surface area contributed by atoms with E-state index in [1.807, 2.05) is 19.3 Å². The van der Waals surface area contributed by atoms with E-state index < -0.39 is 0 Å². The van der Waals surface area contributed by atoms with Crippen molar-refractivity contribution in [2.75, 3.05) is 48.9 Å². The fourth-order valence-corrected chi connectivity index (χ4v) is 3.28. The number of fused-ring (bicyclic) bond motifs is 1. The summed E-state index contributed by atoms with van der Waals surface area (Å²) in [4.78, 5) is 21.5. The molecule has 0 saturated carbocycles. The lowest BCUT2D eigenvalue weighted by atomic mass is 10.3. The predicted molar refractivity (Wildman–Crippen MR) is 76.0 cm³/mol. The number of amides is 1. The molecule has 0 aliphatic carbocycles. The lowest BCUT2D eigenvalue weighted by molar-refractivity contribution is -0.117. The second-order valence-electron chi connectivity index (χ2n) is 4.66. The molecule has 1 saturated heterocycles. The number of morpholine rings is 1. The van der Waals surface area contributed by atoms with Crippen molar-refractivity contribution in [2.24, 2.45) is 0 Å². The molecule has 1 amide bonds. The van der Waals surface area contributed by atoms with Gasteiger partial charge in [0.15, 0.2) is 0 Å². The van der Waals surface area contributed by atoms with Gasteiger partial charge in [-0.2, -0.15) is 0 Å². The van der Waals surface area contributed by atoms with Gasteiger partial charge in [0.2, 0.25) is 5.91 Å². The van der Waals surface area contributed by atoms with Crippen molar-refractivity contribution in [3.63, 3.8) is 0 Å². The van der Waals surface area contributed by atoms with Crippen LogP contribution in [0.4, 0.5) is 11.5 Å². The van der Waals surface area contributed by atoms with Crippen molar-refractivity contribution in [3.8, 4) is 0 Å². The summed E-state index contributed by atoms with van der Waals surface area (Å²) < 4.78 is 5.35. The van der Waals surface area contributed by atoms with Gasteiger partial charge >= 0.3 is 0 Å². The van der Waals surface area contributed by atoms with E-state index in [4.69, 9.17) is 4.74 Å². The third-order valence-corrected chi connectivity index (χ3v) is 4.51. The summed E-state index contributed by atoms with van der Waals surface area (Å²) in [6.45, 7) is 3.19. The van der Waals surface area contributed by atoms with Gasteiger partial charge in [-0.1, -0.05) is 0 Å². The van der Waals surface area contributed by atoms with Gasteiger partial charge < -0.3 is 14.5 Å². The Kier molecular flexibility index (Phi) is 3.61. The number of carbonyl (C=O) groups is 1. The van der Waals surface area contributed by atoms with Crippen molar-refractivity contribution in [1.82, 2.24) is 4.98 Å². The van der Waals surface area contributed by atoms with Crippen LogP contribution in [-0.2, 0) is 9.53 Å². The van der Waals surface area contributed by atoms with Gasteiger partial charge in [0.25, 0.3) is 0 Å². The normalized spacial score (nSPS) is 20.2. The van der Waals surface area contributed by atoms with E-state index in [9.17, 15) is 4.79 Å². The first kappa shape index (κ1) is 12.7. The molecule has 6 heteroatoms. The molecule has 5 nitrogen and oxygen atoms in total. The average Bonchev–Trinajstić information content (AvgIpc) is 2.60. The van der Waals surface area contributed by atoms with Crippen molar-refractivity contribution in [3.05, 3.63) is 12.3 Å². The molecule has 0 unspecified atom stereocenters. The molecule has 0 atom stereocenters. The summed E-state index contributed by atoms with van der Waals surface area (Å²) in [5.74, 6) is 1.93. The van der Waals surface area contributed by atoms with Gasteiger partial charge in [-0.05, 0) is 0 Å². The second-order valence-corrected chi connectivity index (χ2v) is 5.80. The van der Waals surface area contributed by atoms with Gasteiger partial charge in [-0.15, -0.1) is 11.8 Å². The summed E-state index contributed by atoms with van der Waals surface area (Å²) in [6.07, 6.45) is 2.47. The molecule has 2 aliphatic rings. The lowest BCUT2D eigenvalue weighted by Gasteiger charge is -2.29. The first-order valence-electron chi connectivity index (χ1n) is 6.48. The maximum absolute atomic E-state index is 11.9. The highest BCUT2D eigenvalue weighted by Crippen LogP contribution is 2.35. The van der Waals surface area contributed by atoms with Crippen LogP contribution in [0, 0.1) is 0 Å². The Morgan fingerprint density at radius 2 is 2.16 bits per heavy atom. The van der Waals surface area contributed by atoms with Gasteiger partial charge in [0, 0.05) is 49.5 Å². The minimum atomic E-state index is 0.172. The van der Waals surface area contributed by atoms with Crippen LogP contribution >= 0.6 is 11.8 Å². The molecule has 3 rings (SSSR count). The molecule has 19 heavy (non-hydrogen) atoms. The highest BCUT2D eigenvalue weighted by molar-refractivity contribution is 7.99. The topological polar surface area (TPSA) is 45.7 Å². The maximum Gasteiger partial charge on any atom is 0.227 e. The van der Waals surface area contributed by atoms with Crippen LogP contribution in [0.3, 0.4) is 0 Å². The molecular weight excluding hydrogens is 262 g/mol. The zero-order chi connectivity index (χ0) is 13.2. The van der Waals surface area contributed by atoms with Crippen LogP contribution in [0.2, 0.25) is 0 Å². The predicted octanol–water partition coefficient (Wildman–Crippen LogP) is 1.38. The van der Waals surface area contributed by atoms with Crippen LogP contribution in [0.5, 0.6) is 0 Å². The zero-order valence-electron chi connectivity index (χ0n) is 11.0. The molecule has 1 fully saturated rings. The van der Waals surface area contributed by atoms with Crippen LogP contribution < -0.4 is 9.80 Å². The first-order chi connectivity index (χ1) is 9.25. The molecule has 1 aromatic heterocycles. The van der Waals surface area contributed by atoms with Gasteiger partial charge in [0.05, 0.1) is 18.9 Å². The van der Waals surface area contributed by atoms with Crippen molar-refractivity contribution >= 4 is 29.2 Å². The molecule has 1 aromatic rings. The van der Waals surface area contributed by atoms with E-state index in [0.29, 0.717) is 6.42 Å². The SMILES string of the molecule is CN1C(=O)CCSc2cnc(N3CCOCC3)cc21. The number of ether oxygens (including phenoxy) is 1. The van der Waals surface area contributed by atoms with Gasteiger partial charge in [0.1, 0.15) is 5.82 Å². The molecule has 0 radical (unpaired) electrons. The Morgan fingerprint density at radius 1 is 1.37 bits per heavy atom.